The summed E-state index contributed by atoms with van der Waals surface area (Å²) < 4.78 is 7.68. The second-order valence-electron chi connectivity index (χ2n) is 7.28. The van der Waals surface area contributed by atoms with Gasteiger partial charge < -0.3 is 9.30 Å². The summed E-state index contributed by atoms with van der Waals surface area (Å²) in [5.41, 5.74) is 3.45. The molecule has 1 heterocycles. The molecule has 0 fully saturated rings. The molecule has 27 heavy (non-hydrogen) atoms. The monoisotopic (exact) mass is 364 g/mol. The van der Waals surface area contributed by atoms with Crippen LogP contribution in [-0.4, -0.2) is 16.7 Å². The SMILES string of the molecule is CCCCCCCCCCn1c(-c2ccc(OC)cc2)nc2ccccc21. The van der Waals surface area contributed by atoms with Gasteiger partial charge in [0.2, 0.25) is 0 Å². The molecule has 0 aliphatic heterocycles. The zero-order valence-corrected chi connectivity index (χ0v) is 16.8. The predicted octanol–water partition coefficient (Wildman–Crippen LogP) is 6.85. The number of ether oxygens (including phenoxy) is 1. The summed E-state index contributed by atoms with van der Waals surface area (Å²) in [7, 11) is 1.70. The Kier molecular flexibility index (Phi) is 7.32. The minimum Gasteiger partial charge on any atom is -0.497 e. The second kappa shape index (κ2) is 10.1. The molecule has 144 valence electrons. The molecule has 0 bridgehead atoms. The minimum absolute atomic E-state index is 0.879. The Morgan fingerprint density at radius 1 is 0.815 bits per heavy atom. The summed E-state index contributed by atoms with van der Waals surface area (Å²) >= 11 is 0. The van der Waals surface area contributed by atoms with E-state index < -0.39 is 0 Å². The van der Waals surface area contributed by atoms with E-state index in [1.54, 1.807) is 7.11 Å². The zero-order chi connectivity index (χ0) is 18.9. The molecule has 3 aromatic rings. The second-order valence-corrected chi connectivity index (χ2v) is 7.28. The van der Waals surface area contributed by atoms with E-state index in [4.69, 9.17) is 9.72 Å². The van der Waals surface area contributed by atoms with Crippen molar-refractivity contribution in [1.29, 1.82) is 0 Å². The van der Waals surface area contributed by atoms with Crippen LogP contribution in [0.4, 0.5) is 0 Å². The smallest absolute Gasteiger partial charge is 0.141 e. The van der Waals surface area contributed by atoms with E-state index in [1.165, 1.54) is 56.9 Å². The first kappa shape index (κ1) is 19.5. The summed E-state index contributed by atoms with van der Waals surface area (Å²) in [6.07, 6.45) is 10.7. The zero-order valence-electron chi connectivity index (χ0n) is 16.8. The van der Waals surface area contributed by atoms with E-state index in [-0.39, 0.29) is 0 Å². The van der Waals surface area contributed by atoms with Gasteiger partial charge in [-0.25, -0.2) is 4.98 Å². The quantitative estimate of drug-likeness (QED) is 0.348. The third-order valence-electron chi connectivity index (χ3n) is 5.24. The highest BCUT2D eigenvalue weighted by Crippen LogP contribution is 2.27. The number of fused-ring (bicyclic) bond motifs is 1. The Morgan fingerprint density at radius 2 is 1.48 bits per heavy atom. The van der Waals surface area contributed by atoms with Gasteiger partial charge in [0.1, 0.15) is 11.6 Å². The summed E-state index contributed by atoms with van der Waals surface area (Å²) in [5, 5.41) is 0. The van der Waals surface area contributed by atoms with Crippen LogP contribution in [0.25, 0.3) is 22.4 Å². The molecule has 2 aromatic carbocycles. The molecule has 3 rings (SSSR count). The molecule has 0 amide bonds. The lowest BCUT2D eigenvalue weighted by Gasteiger charge is -2.10. The lowest BCUT2D eigenvalue weighted by molar-refractivity contribution is 0.415. The minimum atomic E-state index is 0.879. The number of rotatable bonds is 11. The number of hydrogen-bond donors (Lipinski definition) is 0. The summed E-state index contributed by atoms with van der Waals surface area (Å²) in [6, 6.07) is 16.7. The van der Waals surface area contributed by atoms with E-state index in [2.05, 4.69) is 47.9 Å². The van der Waals surface area contributed by atoms with Crippen molar-refractivity contribution in [3.63, 3.8) is 0 Å². The lowest BCUT2D eigenvalue weighted by atomic mass is 10.1. The van der Waals surface area contributed by atoms with Gasteiger partial charge in [-0.05, 0) is 42.8 Å². The lowest BCUT2D eigenvalue weighted by Crippen LogP contribution is -2.01. The highest BCUT2D eigenvalue weighted by atomic mass is 16.5. The molecule has 0 saturated carbocycles. The van der Waals surface area contributed by atoms with Crippen molar-refractivity contribution in [1.82, 2.24) is 9.55 Å². The van der Waals surface area contributed by atoms with Crippen molar-refractivity contribution in [3.05, 3.63) is 48.5 Å². The molecule has 0 atom stereocenters. The molecule has 3 heteroatoms. The molecule has 0 aliphatic rings. The van der Waals surface area contributed by atoms with Crippen LogP contribution < -0.4 is 4.74 Å². The van der Waals surface area contributed by atoms with Crippen molar-refractivity contribution in [3.8, 4) is 17.1 Å². The summed E-state index contributed by atoms with van der Waals surface area (Å²) in [4.78, 5) is 4.91. The Labute approximate surface area is 163 Å². The molecule has 0 spiro atoms. The van der Waals surface area contributed by atoms with Crippen LogP contribution in [0.15, 0.2) is 48.5 Å². The van der Waals surface area contributed by atoms with Gasteiger partial charge in [0.05, 0.1) is 18.1 Å². The number of hydrogen-bond acceptors (Lipinski definition) is 2. The number of para-hydroxylation sites is 2. The standard InChI is InChI=1S/C24H32N2O/c1-3-4-5-6-7-8-9-12-19-26-23-14-11-10-13-22(23)25-24(26)20-15-17-21(27-2)18-16-20/h10-11,13-18H,3-9,12,19H2,1-2H3. The first-order valence-corrected chi connectivity index (χ1v) is 10.4. The van der Waals surface area contributed by atoms with Crippen LogP contribution >= 0.6 is 0 Å². The normalized spacial score (nSPS) is 11.2. The predicted molar refractivity (Wildman–Crippen MR) is 114 cm³/mol. The molecule has 0 radical (unpaired) electrons. The van der Waals surface area contributed by atoms with Gasteiger partial charge in [-0.2, -0.15) is 0 Å². The maximum atomic E-state index is 5.29. The first-order chi connectivity index (χ1) is 13.3. The van der Waals surface area contributed by atoms with Gasteiger partial charge >= 0.3 is 0 Å². The fourth-order valence-electron chi connectivity index (χ4n) is 3.67. The number of unbranched alkanes of at least 4 members (excludes halogenated alkanes) is 7. The van der Waals surface area contributed by atoms with Crippen LogP contribution in [-0.2, 0) is 6.54 Å². The fraction of sp³-hybridized carbons (Fsp3) is 0.458. The molecule has 0 unspecified atom stereocenters. The van der Waals surface area contributed by atoms with Crippen LogP contribution in [0.3, 0.4) is 0 Å². The first-order valence-electron chi connectivity index (χ1n) is 10.4. The summed E-state index contributed by atoms with van der Waals surface area (Å²) in [6.45, 7) is 3.30. The molecule has 0 aliphatic carbocycles. The van der Waals surface area contributed by atoms with Crippen molar-refractivity contribution < 1.29 is 4.74 Å². The van der Waals surface area contributed by atoms with Gasteiger partial charge in [0.25, 0.3) is 0 Å². The average molecular weight is 365 g/mol. The average Bonchev–Trinajstić information content (AvgIpc) is 3.09. The molecule has 0 N–H and O–H groups in total. The number of methoxy groups -OCH3 is 1. The molecular weight excluding hydrogens is 332 g/mol. The van der Waals surface area contributed by atoms with Gasteiger partial charge in [-0.15, -0.1) is 0 Å². The third kappa shape index (κ3) is 5.12. The van der Waals surface area contributed by atoms with Crippen LogP contribution in [0.2, 0.25) is 0 Å². The topological polar surface area (TPSA) is 27.1 Å². The summed E-state index contributed by atoms with van der Waals surface area (Å²) in [5.74, 6) is 1.94. The Balaban J connectivity index is 1.67. The van der Waals surface area contributed by atoms with E-state index in [1.807, 2.05) is 12.1 Å². The molecule has 0 saturated heterocycles. The van der Waals surface area contributed by atoms with Crippen molar-refractivity contribution >= 4 is 11.0 Å². The third-order valence-corrected chi connectivity index (χ3v) is 5.24. The Hall–Kier alpha value is -2.29. The Morgan fingerprint density at radius 3 is 2.19 bits per heavy atom. The number of aryl methyl sites for hydroxylation is 1. The number of imidazole rings is 1. The highest BCUT2D eigenvalue weighted by Gasteiger charge is 2.12. The van der Waals surface area contributed by atoms with Gasteiger partial charge in [0, 0.05) is 12.1 Å². The van der Waals surface area contributed by atoms with Crippen LogP contribution in [0, 0.1) is 0 Å². The van der Waals surface area contributed by atoms with Crippen molar-refractivity contribution in [2.75, 3.05) is 7.11 Å². The van der Waals surface area contributed by atoms with Crippen molar-refractivity contribution in [2.24, 2.45) is 0 Å². The maximum absolute atomic E-state index is 5.29. The van der Waals surface area contributed by atoms with E-state index in [0.29, 0.717) is 0 Å². The number of nitrogens with zero attached hydrogens (tertiary/aromatic N) is 2. The molecule has 1 aromatic heterocycles. The largest absolute Gasteiger partial charge is 0.497 e. The Bertz CT molecular complexity index is 820. The highest BCUT2D eigenvalue weighted by molar-refractivity contribution is 5.80. The molecule has 3 nitrogen and oxygen atoms in total. The van der Waals surface area contributed by atoms with E-state index >= 15 is 0 Å². The van der Waals surface area contributed by atoms with E-state index in [0.717, 1.165) is 29.2 Å². The van der Waals surface area contributed by atoms with E-state index in [9.17, 15) is 0 Å². The molecular formula is C24H32N2O. The van der Waals surface area contributed by atoms with Crippen LogP contribution in [0.5, 0.6) is 5.75 Å². The van der Waals surface area contributed by atoms with Crippen molar-refractivity contribution in [2.45, 2.75) is 64.8 Å². The van der Waals surface area contributed by atoms with Gasteiger partial charge in [-0.1, -0.05) is 64.0 Å². The maximum Gasteiger partial charge on any atom is 0.141 e. The number of benzene rings is 2. The van der Waals surface area contributed by atoms with Gasteiger partial charge in [-0.3, -0.25) is 0 Å². The number of aromatic nitrogens is 2. The fourth-order valence-corrected chi connectivity index (χ4v) is 3.67. The van der Waals surface area contributed by atoms with Crippen LogP contribution in [0.1, 0.15) is 58.3 Å². The van der Waals surface area contributed by atoms with Gasteiger partial charge in [0.15, 0.2) is 0 Å².